The first-order valence-corrected chi connectivity index (χ1v) is 4.97. The predicted molar refractivity (Wildman–Crippen MR) is 53.2 cm³/mol. The molecular weight excluding hydrogens is 258 g/mol. The zero-order valence-corrected chi connectivity index (χ0v) is 8.84. The highest BCUT2D eigenvalue weighted by atomic mass is 79.9. The van der Waals surface area contributed by atoms with Gasteiger partial charge in [-0.15, -0.1) is 11.3 Å². The van der Waals surface area contributed by atoms with Crippen LogP contribution in [0, 0.1) is 0 Å². The maximum atomic E-state index is 10.0. The number of thiophene rings is 1. The van der Waals surface area contributed by atoms with E-state index in [0.29, 0.717) is 0 Å². The minimum absolute atomic E-state index is 0.417. The van der Waals surface area contributed by atoms with E-state index >= 15 is 0 Å². The summed E-state index contributed by atoms with van der Waals surface area (Å²) in [5, 5.41) is 13.6. The van der Waals surface area contributed by atoms with Gasteiger partial charge in [-0.25, -0.2) is 4.79 Å². The number of halogens is 1. The number of carboxylic acid groups (broad SMARTS) is 1. The van der Waals surface area contributed by atoms with Gasteiger partial charge in [-0.3, -0.25) is 0 Å². The van der Waals surface area contributed by atoms with Gasteiger partial charge < -0.3 is 9.94 Å². The van der Waals surface area contributed by atoms with Gasteiger partial charge in [-0.1, -0.05) is 5.16 Å². The molecular formula is C7H6BrNO3S. The molecule has 0 aromatic carbocycles. The van der Waals surface area contributed by atoms with E-state index in [1.165, 1.54) is 17.6 Å². The molecule has 0 atom stereocenters. The molecule has 0 fully saturated rings. The van der Waals surface area contributed by atoms with Crippen molar-refractivity contribution in [3.8, 4) is 0 Å². The van der Waals surface area contributed by atoms with Crippen molar-refractivity contribution in [3.05, 3.63) is 20.8 Å². The molecule has 0 saturated carbocycles. The van der Waals surface area contributed by atoms with Gasteiger partial charge in [0.15, 0.2) is 0 Å². The lowest BCUT2D eigenvalue weighted by atomic mass is 10.5. The first kappa shape index (κ1) is 10.2. The summed E-state index contributed by atoms with van der Waals surface area (Å²) in [5.74, 6) is -1.04. The van der Waals surface area contributed by atoms with E-state index < -0.39 is 12.6 Å². The van der Waals surface area contributed by atoms with Crippen LogP contribution in [0.2, 0.25) is 0 Å². The monoisotopic (exact) mass is 263 g/mol. The van der Waals surface area contributed by atoms with Crippen LogP contribution in [-0.4, -0.2) is 23.9 Å². The van der Waals surface area contributed by atoms with Gasteiger partial charge in [0.1, 0.15) is 0 Å². The van der Waals surface area contributed by atoms with Gasteiger partial charge in [0, 0.05) is 4.47 Å². The lowest BCUT2D eigenvalue weighted by molar-refractivity contribution is -0.142. The van der Waals surface area contributed by atoms with Crippen LogP contribution in [0.15, 0.2) is 21.1 Å². The molecule has 1 aromatic heterocycles. The fourth-order valence-corrected chi connectivity index (χ4v) is 1.90. The standard InChI is InChI=1S/C7H6BrNO3S/c8-5-1-2-13-6(5)3-9-12-4-7(10)11/h1-3H,4H2,(H,10,11)/b9-3+. The van der Waals surface area contributed by atoms with E-state index in [1.54, 1.807) is 0 Å². The SMILES string of the molecule is O=C(O)CO/N=C/c1sccc1Br. The summed E-state index contributed by atoms with van der Waals surface area (Å²) >= 11 is 4.78. The van der Waals surface area contributed by atoms with Crippen molar-refractivity contribution in [1.82, 2.24) is 0 Å². The van der Waals surface area contributed by atoms with Crippen molar-refractivity contribution >= 4 is 39.5 Å². The van der Waals surface area contributed by atoms with Crippen molar-refractivity contribution in [2.45, 2.75) is 0 Å². The van der Waals surface area contributed by atoms with E-state index in [0.717, 1.165) is 9.35 Å². The zero-order chi connectivity index (χ0) is 9.68. The van der Waals surface area contributed by atoms with Gasteiger partial charge in [0.25, 0.3) is 0 Å². The fraction of sp³-hybridized carbons (Fsp3) is 0.143. The molecule has 0 spiro atoms. The first-order chi connectivity index (χ1) is 6.20. The Bertz CT molecular complexity index is 323. The minimum Gasteiger partial charge on any atom is -0.479 e. The summed E-state index contributed by atoms with van der Waals surface area (Å²) in [5.41, 5.74) is 0. The maximum Gasteiger partial charge on any atom is 0.344 e. The van der Waals surface area contributed by atoms with Crippen LogP contribution < -0.4 is 0 Å². The summed E-state index contributed by atoms with van der Waals surface area (Å²) < 4.78 is 0.917. The largest absolute Gasteiger partial charge is 0.479 e. The summed E-state index contributed by atoms with van der Waals surface area (Å²) in [7, 11) is 0. The van der Waals surface area contributed by atoms with Crippen molar-refractivity contribution in [2.75, 3.05) is 6.61 Å². The molecule has 0 aliphatic heterocycles. The number of nitrogens with zero attached hydrogens (tertiary/aromatic N) is 1. The van der Waals surface area contributed by atoms with Crippen molar-refractivity contribution in [3.63, 3.8) is 0 Å². The lowest BCUT2D eigenvalue weighted by Crippen LogP contribution is -2.03. The molecule has 0 saturated heterocycles. The molecule has 1 heterocycles. The Morgan fingerprint density at radius 1 is 1.85 bits per heavy atom. The first-order valence-electron chi connectivity index (χ1n) is 3.30. The van der Waals surface area contributed by atoms with E-state index in [4.69, 9.17) is 5.11 Å². The molecule has 1 rings (SSSR count). The second-order valence-electron chi connectivity index (χ2n) is 2.03. The molecule has 0 aliphatic rings. The third kappa shape index (κ3) is 3.56. The fourth-order valence-electron chi connectivity index (χ4n) is 0.575. The highest BCUT2D eigenvalue weighted by Crippen LogP contribution is 2.20. The molecule has 70 valence electrons. The number of oxime groups is 1. The normalized spacial score (nSPS) is 10.5. The molecule has 0 bridgehead atoms. The van der Waals surface area contributed by atoms with Crippen molar-refractivity contribution in [2.24, 2.45) is 5.16 Å². The van der Waals surface area contributed by atoms with Crippen LogP contribution in [0.4, 0.5) is 0 Å². The Morgan fingerprint density at radius 2 is 2.62 bits per heavy atom. The van der Waals surface area contributed by atoms with Crippen molar-refractivity contribution in [1.29, 1.82) is 0 Å². The van der Waals surface area contributed by atoms with Crippen LogP contribution in [0.5, 0.6) is 0 Å². The molecule has 4 nitrogen and oxygen atoms in total. The minimum atomic E-state index is -1.04. The molecule has 1 aromatic rings. The van der Waals surface area contributed by atoms with Gasteiger partial charge in [-0.2, -0.15) is 0 Å². The van der Waals surface area contributed by atoms with Gasteiger partial charge >= 0.3 is 5.97 Å². The number of rotatable bonds is 4. The lowest BCUT2D eigenvalue weighted by Gasteiger charge is -1.91. The molecule has 13 heavy (non-hydrogen) atoms. The highest BCUT2D eigenvalue weighted by Gasteiger charge is 1.97. The van der Waals surface area contributed by atoms with Crippen LogP contribution in [-0.2, 0) is 9.63 Å². The Hall–Kier alpha value is -0.880. The van der Waals surface area contributed by atoms with Gasteiger partial charge in [0.05, 0.1) is 11.1 Å². The quantitative estimate of drug-likeness (QED) is 0.667. The summed E-state index contributed by atoms with van der Waals surface area (Å²) in [6.07, 6.45) is 1.47. The molecule has 0 amide bonds. The third-order valence-electron chi connectivity index (χ3n) is 1.08. The highest BCUT2D eigenvalue weighted by molar-refractivity contribution is 9.10. The topological polar surface area (TPSA) is 58.9 Å². The molecule has 6 heteroatoms. The Balaban J connectivity index is 2.41. The predicted octanol–water partition coefficient (Wildman–Crippen LogP) is 1.95. The molecule has 0 unspecified atom stereocenters. The van der Waals surface area contributed by atoms with Crippen LogP contribution in [0.3, 0.4) is 0 Å². The second-order valence-corrected chi connectivity index (χ2v) is 3.84. The summed E-state index contributed by atoms with van der Waals surface area (Å²) in [6.45, 7) is -0.417. The average Bonchev–Trinajstić information content (AvgIpc) is 2.45. The molecule has 1 N–H and O–H groups in total. The molecule has 0 radical (unpaired) electrons. The number of aliphatic carboxylic acids is 1. The summed E-state index contributed by atoms with van der Waals surface area (Å²) in [4.78, 5) is 15.4. The second kappa shape index (κ2) is 4.98. The number of carboxylic acids is 1. The summed E-state index contributed by atoms with van der Waals surface area (Å²) in [6, 6.07) is 1.88. The van der Waals surface area contributed by atoms with Crippen LogP contribution >= 0.6 is 27.3 Å². The Kier molecular flexibility index (Phi) is 3.91. The van der Waals surface area contributed by atoms with E-state index in [-0.39, 0.29) is 0 Å². The van der Waals surface area contributed by atoms with E-state index in [2.05, 4.69) is 25.9 Å². The third-order valence-corrected chi connectivity index (χ3v) is 2.88. The number of hydrogen-bond acceptors (Lipinski definition) is 4. The zero-order valence-electron chi connectivity index (χ0n) is 6.44. The molecule has 0 aliphatic carbocycles. The van der Waals surface area contributed by atoms with Crippen LogP contribution in [0.1, 0.15) is 4.88 Å². The van der Waals surface area contributed by atoms with Crippen molar-refractivity contribution < 1.29 is 14.7 Å². The average molecular weight is 264 g/mol. The van der Waals surface area contributed by atoms with Gasteiger partial charge in [0.2, 0.25) is 6.61 Å². The maximum absolute atomic E-state index is 10.0. The van der Waals surface area contributed by atoms with E-state index in [9.17, 15) is 4.79 Å². The smallest absolute Gasteiger partial charge is 0.344 e. The van der Waals surface area contributed by atoms with Gasteiger partial charge in [-0.05, 0) is 27.4 Å². The number of carbonyl (C=O) groups is 1. The Morgan fingerprint density at radius 3 is 3.15 bits per heavy atom. The van der Waals surface area contributed by atoms with E-state index in [1.807, 2.05) is 11.4 Å². The number of hydrogen-bond donors (Lipinski definition) is 1. The van der Waals surface area contributed by atoms with Crippen LogP contribution in [0.25, 0.3) is 0 Å². The Labute approximate surface area is 87.0 Å².